The van der Waals surface area contributed by atoms with Crippen LogP contribution in [0.5, 0.6) is 0 Å². The highest BCUT2D eigenvalue weighted by Crippen LogP contribution is 2.25. The summed E-state index contributed by atoms with van der Waals surface area (Å²) >= 11 is 0. The summed E-state index contributed by atoms with van der Waals surface area (Å²) in [5, 5.41) is 2.93. The molecule has 1 aliphatic heterocycles. The molecule has 162 valence electrons. The predicted octanol–water partition coefficient (Wildman–Crippen LogP) is 2.61. The fraction of sp³-hybridized carbons (Fsp3) is 0.409. The van der Waals surface area contributed by atoms with Crippen LogP contribution in [0.3, 0.4) is 0 Å². The molecule has 2 aromatic carbocycles. The van der Waals surface area contributed by atoms with Crippen LogP contribution in [0.25, 0.3) is 0 Å². The van der Waals surface area contributed by atoms with E-state index in [2.05, 4.69) is 33.0 Å². The first kappa shape index (κ1) is 22.3. The van der Waals surface area contributed by atoms with E-state index in [0.717, 1.165) is 48.7 Å². The fourth-order valence-electron chi connectivity index (χ4n) is 3.53. The van der Waals surface area contributed by atoms with Gasteiger partial charge in [-0.1, -0.05) is 13.0 Å². The molecule has 2 N–H and O–H groups in total. The summed E-state index contributed by atoms with van der Waals surface area (Å²) in [6, 6.07) is 10.6. The Balaban J connectivity index is 1.79. The highest BCUT2D eigenvalue weighted by atomic mass is 32.2. The van der Waals surface area contributed by atoms with E-state index < -0.39 is 10.0 Å². The molecule has 1 amide bonds. The van der Waals surface area contributed by atoms with E-state index in [0.29, 0.717) is 5.56 Å². The smallest absolute Gasteiger partial charge is 0.255 e. The van der Waals surface area contributed by atoms with Gasteiger partial charge in [0.15, 0.2) is 0 Å². The van der Waals surface area contributed by atoms with Crippen molar-refractivity contribution < 1.29 is 13.2 Å². The van der Waals surface area contributed by atoms with Crippen molar-refractivity contribution in [3.05, 3.63) is 53.1 Å². The van der Waals surface area contributed by atoms with Crippen molar-refractivity contribution in [2.45, 2.75) is 25.7 Å². The maximum Gasteiger partial charge on any atom is 0.255 e. The topological polar surface area (TPSA) is 81.7 Å². The number of amides is 1. The van der Waals surface area contributed by atoms with Crippen LogP contribution in [0.2, 0.25) is 0 Å². The normalized spacial score (nSPS) is 15.3. The van der Waals surface area contributed by atoms with Crippen LogP contribution in [0.1, 0.15) is 28.4 Å². The van der Waals surface area contributed by atoms with Gasteiger partial charge in [-0.2, -0.15) is 0 Å². The summed E-state index contributed by atoms with van der Waals surface area (Å²) in [5.74, 6) is -0.323. The lowest BCUT2D eigenvalue weighted by atomic mass is 10.1. The van der Waals surface area contributed by atoms with Crippen molar-refractivity contribution in [2.24, 2.45) is 0 Å². The Morgan fingerprint density at radius 1 is 1.00 bits per heavy atom. The molecule has 8 heteroatoms. The molecule has 1 saturated heterocycles. The molecule has 0 aliphatic carbocycles. The fourth-order valence-corrected chi connectivity index (χ4v) is 4.59. The molecule has 0 unspecified atom stereocenters. The number of piperazine rings is 1. The second-order valence-electron chi connectivity index (χ2n) is 7.72. The number of benzene rings is 2. The summed E-state index contributed by atoms with van der Waals surface area (Å²) in [6.45, 7) is 9.79. The number of likely N-dealkylation sites (N-methyl/N-ethyl adjacent to an activating group) is 1. The third-order valence-electron chi connectivity index (χ3n) is 5.42. The minimum absolute atomic E-state index is 0.0854. The van der Waals surface area contributed by atoms with Crippen LogP contribution in [0.4, 0.5) is 11.4 Å². The molecule has 0 radical (unpaired) electrons. The number of sulfonamides is 1. The van der Waals surface area contributed by atoms with Crippen molar-refractivity contribution in [3.63, 3.8) is 0 Å². The van der Waals surface area contributed by atoms with E-state index >= 15 is 0 Å². The molecule has 0 spiro atoms. The van der Waals surface area contributed by atoms with Crippen LogP contribution < -0.4 is 14.9 Å². The first-order valence-electron chi connectivity index (χ1n) is 10.2. The maximum atomic E-state index is 12.9. The third-order valence-corrected chi connectivity index (χ3v) is 6.97. The summed E-state index contributed by atoms with van der Waals surface area (Å²) in [6.07, 6.45) is 0. The van der Waals surface area contributed by atoms with Gasteiger partial charge in [0, 0.05) is 49.7 Å². The SMILES string of the molecule is CCNS(=O)(=O)c1ccc(C)c(C(=O)Nc2ccc(N3CCN(C)CC3)cc2C)c1. The molecule has 7 nitrogen and oxygen atoms in total. The zero-order valence-corrected chi connectivity index (χ0v) is 18.8. The summed E-state index contributed by atoms with van der Waals surface area (Å²) in [5.41, 5.74) is 3.89. The van der Waals surface area contributed by atoms with Gasteiger partial charge in [0.1, 0.15) is 0 Å². The summed E-state index contributed by atoms with van der Waals surface area (Å²) < 4.78 is 27.0. The molecule has 1 heterocycles. The number of rotatable bonds is 6. The molecule has 0 aromatic heterocycles. The lowest BCUT2D eigenvalue weighted by Gasteiger charge is -2.34. The third kappa shape index (κ3) is 5.00. The first-order valence-corrected chi connectivity index (χ1v) is 11.7. The quantitative estimate of drug-likeness (QED) is 0.736. The van der Waals surface area contributed by atoms with Gasteiger partial charge in [0.25, 0.3) is 5.91 Å². The molecule has 0 atom stereocenters. The lowest BCUT2D eigenvalue weighted by molar-refractivity contribution is 0.102. The van der Waals surface area contributed by atoms with E-state index in [1.165, 1.54) is 12.1 Å². The highest BCUT2D eigenvalue weighted by Gasteiger charge is 2.19. The largest absolute Gasteiger partial charge is 0.369 e. The Morgan fingerprint density at radius 2 is 1.70 bits per heavy atom. The molecule has 3 rings (SSSR count). The second-order valence-corrected chi connectivity index (χ2v) is 9.49. The van der Waals surface area contributed by atoms with Gasteiger partial charge in [-0.15, -0.1) is 0 Å². The van der Waals surface area contributed by atoms with E-state index in [4.69, 9.17) is 0 Å². The van der Waals surface area contributed by atoms with E-state index in [-0.39, 0.29) is 17.3 Å². The van der Waals surface area contributed by atoms with Crippen LogP contribution in [0.15, 0.2) is 41.3 Å². The lowest BCUT2D eigenvalue weighted by Crippen LogP contribution is -2.44. The van der Waals surface area contributed by atoms with Gasteiger partial charge in [-0.05, 0) is 62.4 Å². The Morgan fingerprint density at radius 3 is 2.33 bits per heavy atom. The Hall–Kier alpha value is -2.42. The molecular formula is C22H30N4O3S. The zero-order chi connectivity index (χ0) is 21.9. The number of carbonyl (C=O) groups is 1. The molecule has 1 fully saturated rings. The molecular weight excluding hydrogens is 400 g/mol. The number of nitrogens with zero attached hydrogens (tertiary/aromatic N) is 2. The minimum Gasteiger partial charge on any atom is -0.369 e. The van der Waals surface area contributed by atoms with Crippen molar-refractivity contribution in [1.29, 1.82) is 0 Å². The number of hydrogen-bond donors (Lipinski definition) is 2. The molecule has 2 aromatic rings. The monoisotopic (exact) mass is 430 g/mol. The number of nitrogens with one attached hydrogen (secondary N) is 2. The van der Waals surface area contributed by atoms with Gasteiger partial charge in [0.2, 0.25) is 10.0 Å². The van der Waals surface area contributed by atoms with Gasteiger partial charge >= 0.3 is 0 Å². The molecule has 0 saturated carbocycles. The zero-order valence-electron chi connectivity index (χ0n) is 18.0. The van der Waals surface area contributed by atoms with E-state index in [1.807, 2.05) is 19.1 Å². The minimum atomic E-state index is -3.63. The van der Waals surface area contributed by atoms with Crippen molar-refractivity contribution in [3.8, 4) is 0 Å². The van der Waals surface area contributed by atoms with Crippen LogP contribution >= 0.6 is 0 Å². The number of anilines is 2. The Kier molecular flexibility index (Phi) is 6.80. The van der Waals surface area contributed by atoms with Gasteiger partial charge in [-0.25, -0.2) is 13.1 Å². The van der Waals surface area contributed by atoms with Crippen LogP contribution in [0, 0.1) is 13.8 Å². The number of hydrogen-bond acceptors (Lipinski definition) is 5. The summed E-state index contributed by atoms with van der Waals surface area (Å²) in [7, 11) is -1.50. The van der Waals surface area contributed by atoms with Crippen LogP contribution in [-0.2, 0) is 10.0 Å². The van der Waals surface area contributed by atoms with Gasteiger partial charge < -0.3 is 15.1 Å². The predicted molar refractivity (Wildman–Crippen MR) is 121 cm³/mol. The van der Waals surface area contributed by atoms with E-state index in [9.17, 15) is 13.2 Å². The standard InChI is InChI=1S/C22H30N4O3S/c1-5-23-30(28,29)19-8-6-16(2)20(15-19)22(27)24-21-9-7-18(14-17(21)3)26-12-10-25(4)11-13-26/h6-9,14-15,23H,5,10-13H2,1-4H3,(H,24,27). The van der Waals surface area contributed by atoms with Crippen molar-refractivity contribution >= 4 is 27.3 Å². The highest BCUT2D eigenvalue weighted by molar-refractivity contribution is 7.89. The Bertz CT molecular complexity index is 1030. The second kappa shape index (κ2) is 9.16. The van der Waals surface area contributed by atoms with E-state index in [1.54, 1.807) is 19.9 Å². The Labute approximate surface area is 179 Å². The number of aryl methyl sites for hydroxylation is 2. The molecule has 0 bridgehead atoms. The molecule has 1 aliphatic rings. The van der Waals surface area contributed by atoms with Crippen molar-refractivity contribution in [1.82, 2.24) is 9.62 Å². The average molecular weight is 431 g/mol. The van der Waals surface area contributed by atoms with Gasteiger partial charge in [-0.3, -0.25) is 4.79 Å². The van der Waals surface area contributed by atoms with Crippen LogP contribution in [-0.4, -0.2) is 59.0 Å². The summed E-state index contributed by atoms with van der Waals surface area (Å²) in [4.78, 5) is 17.6. The van der Waals surface area contributed by atoms with Gasteiger partial charge in [0.05, 0.1) is 4.90 Å². The molecule has 30 heavy (non-hydrogen) atoms. The first-order chi connectivity index (χ1) is 14.2. The van der Waals surface area contributed by atoms with Crippen molar-refractivity contribution in [2.75, 3.05) is 50.0 Å². The average Bonchev–Trinajstić information content (AvgIpc) is 2.70. The maximum absolute atomic E-state index is 12.9. The number of carbonyl (C=O) groups excluding carboxylic acids is 1.